The van der Waals surface area contributed by atoms with Gasteiger partial charge in [0.15, 0.2) is 0 Å². The third kappa shape index (κ3) is 2.61. The molecule has 2 aliphatic rings. The Morgan fingerprint density at radius 2 is 1.78 bits per heavy atom. The fourth-order valence-electron chi connectivity index (χ4n) is 3.01. The highest BCUT2D eigenvalue weighted by atomic mass is 15.2. The Hall–Kier alpha value is -1.22. The number of fused-ring (bicyclic) bond motifs is 1. The first-order valence-corrected chi connectivity index (χ1v) is 7.24. The van der Waals surface area contributed by atoms with Gasteiger partial charge in [-0.15, -0.1) is 0 Å². The Morgan fingerprint density at radius 3 is 2.67 bits per heavy atom. The van der Waals surface area contributed by atoms with Crippen LogP contribution in [0.15, 0.2) is 24.3 Å². The Morgan fingerprint density at radius 1 is 0.944 bits per heavy atom. The Balaban J connectivity index is 1.67. The molecule has 0 aliphatic carbocycles. The zero-order valence-electron chi connectivity index (χ0n) is 11.1. The molecule has 0 saturated carbocycles. The summed E-state index contributed by atoms with van der Waals surface area (Å²) < 4.78 is 0. The Kier molecular flexibility index (Phi) is 3.69. The van der Waals surface area contributed by atoms with E-state index in [0.717, 1.165) is 6.54 Å². The van der Waals surface area contributed by atoms with Crippen LogP contribution in [0.2, 0.25) is 0 Å². The quantitative estimate of drug-likeness (QED) is 0.882. The molecule has 0 unspecified atom stereocenters. The highest BCUT2D eigenvalue weighted by Gasteiger charge is 2.16. The van der Waals surface area contributed by atoms with Gasteiger partial charge in [0.25, 0.3) is 0 Å². The Bertz CT molecular complexity index is 385. The van der Waals surface area contributed by atoms with E-state index in [1.807, 2.05) is 0 Å². The second-order valence-corrected chi connectivity index (χ2v) is 5.33. The van der Waals surface area contributed by atoms with E-state index in [4.69, 9.17) is 0 Å². The van der Waals surface area contributed by atoms with Crippen LogP contribution in [0.3, 0.4) is 0 Å². The standard InChI is InChI=1S/C15H23N3/c1-2-7-15-14(6-1)16-8-5-11-18(15)13-12-17-9-3-4-10-17/h1-2,6-7,16H,3-5,8-13H2. The molecular weight excluding hydrogens is 222 g/mol. The number of hydrogen-bond acceptors (Lipinski definition) is 3. The normalized spacial score (nSPS) is 20.3. The van der Waals surface area contributed by atoms with E-state index in [1.165, 1.54) is 63.4 Å². The molecule has 1 fully saturated rings. The van der Waals surface area contributed by atoms with E-state index in [9.17, 15) is 0 Å². The van der Waals surface area contributed by atoms with Crippen molar-refractivity contribution in [3.63, 3.8) is 0 Å². The van der Waals surface area contributed by atoms with Crippen molar-refractivity contribution < 1.29 is 0 Å². The number of benzene rings is 1. The minimum Gasteiger partial charge on any atom is -0.383 e. The summed E-state index contributed by atoms with van der Waals surface area (Å²) in [6, 6.07) is 8.71. The summed E-state index contributed by atoms with van der Waals surface area (Å²) in [4.78, 5) is 5.15. The molecule has 0 radical (unpaired) electrons. The highest BCUT2D eigenvalue weighted by molar-refractivity contribution is 5.70. The molecule has 1 aromatic rings. The molecule has 1 saturated heterocycles. The first kappa shape index (κ1) is 11.8. The highest BCUT2D eigenvalue weighted by Crippen LogP contribution is 2.27. The zero-order valence-corrected chi connectivity index (χ0v) is 11.1. The average Bonchev–Trinajstić information content (AvgIpc) is 2.84. The predicted molar refractivity (Wildman–Crippen MR) is 77.4 cm³/mol. The second kappa shape index (κ2) is 5.61. The number of rotatable bonds is 3. The smallest absolute Gasteiger partial charge is 0.0602 e. The summed E-state index contributed by atoms with van der Waals surface area (Å²) in [6.07, 6.45) is 4.00. The van der Waals surface area contributed by atoms with Gasteiger partial charge in [0, 0.05) is 26.2 Å². The average molecular weight is 245 g/mol. The molecule has 18 heavy (non-hydrogen) atoms. The molecule has 0 bridgehead atoms. The summed E-state index contributed by atoms with van der Waals surface area (Å²) in [7, 11) is 0. The zero-order chi connectivity index (χ0) is 12.2. The summed E-state index contributed by atoms with van der Waals surface area (Å²) in [5.74, 6) is 0. The predicted octanol–water partition coefficient (Wildman–Crippen LogP) is 2.40. The van der Waals surface area contributed by atoms with Crippen molar-refractivity contribution in [1.29, 1.82) is 0 Å². The van der Waals surface area contributed by atoms with Crippen LogP contribution in [0.25, 0.3) is 0 Å². The van der Waals surface area contributed by atoms with Crippen molar-refractivity contribution >= 4 is 11.4 Å². The van der Waals surface area contributed by atoms with Gasteiger partial charge in [0.05, 0.1) is 11.4 Å². The molecule has 0 aromatic heterocycles. The van der Waals surface area contributed by atoms with Crippen LogP contribution in [0.1, 0.15) is 19.3 Å². The molecule has 0 amide bonds. The van der Waals surface area contributed by atoms with Crippen molar-refractivity contribution in [1.82, 2.24) is 4.90 Å². The Labute approximate surface area is 110 Å². The maximum Gasteiger partial charge on any atom is 0.0602 e. The minimum absolute atomic E-state index is 1.09. The SMILES string of the molecule is c1ccc2c(c1)NCCCN2CCN1CCCC1. The van der Waals surface area contributed by atoms with Crippen LogP contribution in [0, 0.1) is 0 Å². The molecule has 2 aliphatic heterocycles. The third-order valence-corrected chi connectivity index (χ3v) is 4.05. The van der Waals surface area contributed by atoms with E-state index in [1.54, 1.807) is 0 Å². The number of hydrogen-bond donors (Lipinski definition) is 1. The van der Waals surface area contributed by atoms with Crippen molar-refractivity contribution in [3.05, 3.63) is 24.3 Å². The lowest BCUT2D eigenvalue weighted by Gasteiger charge is -2.27. The van der Waals surface area contributed by atoms with Crippen molar-refractivity contribution in [3.8, 4) is 0 Å². The molecule has 3 nitrogen and oxygen atoms in total. The molecule has 0 spiro atoms. The van der Waals surface area contributed by atoms with Gasteiger partial charge in [0.1, 0.15) is 0 Å². The maximum absolute atomic E-state index is 3.53. The fraction of sp³-hybridized carbons (Fsp3) is 0.600. The van der Waals surface area contributed by atoms with Crippen molar-refractivity contribution in [2.24, 2.45) is 0 Å². The lowest BCUT2D eigenvalue weighted by molar-refractivity contribution is 0.344. The monoisotopic (exact) mass is 245 g/mol. The first-order valence-electron chi connectivity index (χ1n) is 7.24. The first-order chi connectivity index (χ1) is 8.93. The van der Waals surface area contributed by atoms with E-state index in [2.05, 4.69) is 39.4 Å². The summed E-state index contributed by atoms with van der Waals surface area (Å²) in [5, 5.41) is 3.53. The van der Waals surface area contributed by atoms with Crippen LogP contribution >= 0.6 is 0 Å². The van der Waals surface area contributed by atoms with Crippen molar-refractivity contribution in [2.75, 3.05) is 49.5 Å². The van der Waals surface area contributed by atoms with E-state index >= 15 is 0 Å². The van der Waals surface area contributed by atoms with Crippen LogP contribution in [0.4, 0.5) is 11.4 Å². The molecule has 0 atom stereocenters. The fourth-order valence-corrected chi connectivity index (χ4v) is 3.01. The lowest BCUT2D eigenvalue weighted by Crippen LogP contribution is -2.34. The van der Waals surface area contributed by atoms with E-state index < -0.39 is 0 Å². The molecular formula is C15H23N3. The topological polar surface area (TPSA) is 18.5 Å². The number of anilines is 2. The number of nitrogens with one attached hydrogen (secondary N) is 1. The third-order valence-electron chi connectivity index (χ3n) is 4.05. The van der Waals surface area contributed by atoms with E-state index in [-0.39, 0.29) is 0 Å². The molecule has 2 heterocycles. The number of para-hydroxylation sites is 2. The molecule has 98 valence electrons. The van der Waals surface area contributed by atoms with Gasteiger partial charge in [-0.2, -0.15) is 0 Å². The molecule has 1 aromatic carbocycles. The van der Waals surface area contributed by atoms with Crippen molar-refractivity contribution in [2.45, 2.75) is 19.3 Å². The van der Waals surface area contributed by atoms with Gasteiger partial charge in [-0.05, 0) is 44.5 Å². The summed E-state index contributed by atoms with van der Waals surface area (Å²) >= 11 is 0. The lowest BCUT2D eigenvalue weighted by atomic mass is 10.2. The van der Waals surface area contributed by atoms with Gasteiger partial charge in [0.2, 0.25) is 0 Å². The van der Waals surface area contributed by atoms with Gasteiger partial charge in [-0.1, -0.05) is 12.1 Å². The largest absolute Gasteiger partial charge is 0.383 e. The van der Waals surface area contributed by atoms with Crippen LogP contribution in [0.5, 0.6) is 0 Å². The van der Waals surface area contributed by atoms with E-state index in [0.29, 0.717) is 0 Å². The van der Waals surface area contributed by atoms with Crippen LogP contribution in [-0.4, -0.2) is 44.2 Å². The number of likely N-dealkylation sites (tertiary alicyclic amines) is 1. The second-order valence-electron chi connectivity index (χ2n) is 5.33. The summed E-state index contributed by atoms with van der Waals surface area (Å²) in [6.45, 7) is 7.25. The van der Waals surface area contributed by atoms with Gasteiger partial charge in [-0.3, -0.25) is 0 Å². The minimum atomic E-state index is 1.09. The van der Waals surface area contributed by atoms with Crippen LogP contribution < -0.4 is 10.2 Å². The molecule has 3 rings (SSSR count). The van der Waals surface area contributed by atoms with Gasteiger partial charge >= 0.3 is 0 Å². The number of nitrogens with zero attached hydrogens (tertiary/aromatic N) is 2. The molecule has 3 heteroatoms. The van der Waals surface area contributed by atoms with Crippen LogP contribution in [-0.2, 0) is 0 Å². The maximum atomic E-state index is 3.53. The van der Waals surface area contributed by atoms with Gasteiger partial charge in [-0.25, -0.2) is 0 Å². The van der Waals surface area contributed by atoms with Gasteiger partial charge < -0.3 is 15.1 Å². The molecule has 1 N–H and O–H groups in total. The summed E-state index contributed by atoms with van der Waals surface area (Å²) in [5.41, 5.74) is 2.69.